The third kappa shape index (κ3) is 2.55. The van der Waals surface area contributed by atoms with Crippen molar-refractivity contribution in [3.05, 3.63) is 58.3 Å². The fraction of sp³-hybridized carbons (Fsp3) is 0.318. The van der Waals surface area contributed by atoms with Crippen molar-refractivity contribution < 1.29 is 9.90 Å². The third-order valence-corrected chi connectivity index (χ3v) is 5.52. The van der Waals surface area contributed by atoms with E-state index in [1.54, 1.807) is 0 Å². The molecule has 0 spiro atoms. The molecule has 1 unspecified atom stereocenters. The van der Waals surface area contributed by atoms with Crippen molar-refractivity contribution in [1.82, 2.24) is 4.98 Å². The van der Waals surface area contributed by atoms with E-state index in [0.29, 0.717) is 12.8 Å². The molecular weight excluding hydrogens is 310 g/mol. The number of carboxylic acid groups (broad SMARTS) is 1. The van der Waals surface area contributed by atoms with Crippen LogP contribution in [0.4, 0.5) is 0 Å². The Bertz CT molecular complexity index is 974. The Morgan fingerprint density at radius 3 is 2.56 bits per heavy atom. The van der Waals surface area contributed by atoms with Crippen LogP contribution in [0.1, 0.15) is 34.4 Å². The zero-order chi connectivity index (χ0) is 17.7. The Hall–Kier alpha value is -2.55. The van der Waals surface area contributed by atoms with Crippen LogP contribution in [0.3, 0.4) is 0 Å². The second-order valence-electron chi connectivity index (χ2n) is 7.36. The molecule has 0 saturated carbocycles. The van der Waals surface area contributed by atoms with E-state index in [0.717, 1.165) is 11.9 Å². The van der Waals surface area contributed by atoms with Gasteiger partial charge in [0.25, 0.3) is 0 Å². The summed E-state index contributed by atoms with van der Waals surface area (Å²) >= 11 is 0. The van der Waals surface area contributed by atoms with E-state index in [1.165, 1.54) is 44.5 Å². The summed E-state index contributed by atoms with van der Waals surface area (Å²) in [5.41, 5.74) is 9.88. The molecule has 1 aliphatic rings. The van der Waals surface area contributed by atoms with Crippen molar-refractivity contribution in [3.8, 4) is 11.1 Å². The number of carbonyl (C=O) groups is 1. The van der Waals surface area contributed by atoms with Crippen molar-refractivity contribution in [2.75, 3.05) is 0 Å². The quantitative estimate of drug-likeness (QED) is 0.697. The number of aryl methyl sites for hydroxylation is 4. The van der Waals surface area contributed by atoms with Gasteiger partial charge in [0.1, 0.15) is 0 Å². The van der Waals surface area contributed by atoms with Gasteiger partial charge in [0, 0.05) is 16.6 Å². The molecule has 0 amide bonds. The van der Waals surface area contributed by atoms with Gasteiger partial charge in [-0.2, -0.15) is 0 Å². The SMILES string of the molecule is Cc1cc(C)c(-c2cccc3c4c([nH]c23)CCC(C(=O)O)C4)c(C)c1. The molecule has 1 aromatic heterocycles. The molecule has 1 heterocycles. The van der Waals surface area contributed by atoms with Gasteiger partial charge in [-0.25, -0.2) is 0 Å². The van der Waals surface area contributed by atoms with E-state index < -0.39 is 5.97 Å². The van der Waals surface area contributed by atoms with E-state index in [4.69, 9.17) is 0 Å². The van der Waals surface area contributed by atoms with Gasteiger partial charge in [0.15, 0.2) is 0 Å². The monoisotopic (exact) mass is 333 g/mol. The molecule has 0 fully saturated rings. The minimum atomic E-state index is -0.679. The average Bonchev–Trinajstić information content (AvgIpc) is 2.92. The third-order valence-electron chi connectivity index (χ3n) is 5.52. The van der Waals surface area contributed by atoms with E-state index in [9.17, 15) is 9.90 Å². The summed E-state index contributed by atoms with van der Waals surface area (Å²) in [6.07, 6.45) is 2.15. The van der Waals surface area contributed by atoms with Crippen LogP contribution in [0.15, 0.2) is 30.3 Å². The number of hydrogen-bond donors (Lipinski definition) is 2. The molecule has 0 saturated heterocycles. The zero-order valence-corrected chi connectivity index (χ0v) is 14.9. The zero-order valence-electron chi connectivity index (χ0n) is 14.9. The number of benzene rings is 2. The lowest BCUT2D eigenvalue weighted by Gasteiger charge is -2.18. The number of nitrogens with one attached hydrogen (secondary N) is 1. The molecule has 1 aliphatic carbocycles. The highest BCUT2D eigenvalue weighted by molar-refractivity contribution is 5.98. The minimum Gasteiger partial charge on any atom is -0.481 e. The van der Waals surface area contributed by atoms with Crippen LogP contribution in [-0.4, -0.2) is 16.1 Å². The summed E-state index contributed by atoms with van der Waals surface area (Å²) in [5, 5.41) is 10.6. The van der Waals surface area contributed by atoms with Crippen molar-refractivity contribution in [2.24, 2.45) is 5.92 Å². The number of carboxylic acids is 1. The van der Waals surface area contributed by atoms with Crippen LogP contribution in [0.5, 0.6) is 0 Å². The van der Waals surface area contributed by atoms with Crippen molar-refractivity contribution in [2.45, 2.75) is 40.0 Å². The van der Waals surface area contributed by atoms with Crippen LogP contribution < -0.4 is 0 Å². The minimum absolute atomic E-state index is 0.266. The van der Waals surface area contributed by atoms with Crippen LogP contribution in [0.2, 0.25) is 0 Å². The predicted octanol–water partition coefficient (Wildman–Crippen LogP) is 4.95. The molecule has 3 aromatic rings. The van der Waals surface area contributed by atoms with Crippen molar-refractivity contribution in [3.63, 3.8) is 0 Å². The number of aromatic nitrogens is 1. The molecule has 0 aliphatic heterocycles. The van der Waals surface area contributed by atoms with Gasteiger partial charge in [0.2, 0.25) is 0 Å². The smallest absolute Gasteiger partial charge is 0.306 e. The van der Waals surface area contributed by atoms with Crippen LogP contribution >= 0.6 is 0 Å². The number of aromatic amines is 1. The highest BCUT2D eigenvalue weighted by atomic mass is 16.4. The van der Waals surface area contributed by atoms with Crippen molar-refractivity contribution in [1.29, 1.82) is 0 Å². The molecule has 25 heavy (non-hydrogen) atoms. The van der Waals surface area contributed by atoms with E-state index in [-0.39, 0.29) is 5.92 Å². The number of H-pyrrole nitrogens is 1. The molecule has 128 valence electrons. The second kappa shape index (κ2) is 5.76. The Morgan fingerprint density at radius 1 is 1.16 bits per heavy atom. The van der Waals surface area contributed by atoms with Gasteiger partial charge in [0.05, 0.1) is 11.4 Å². The van der Waals surface area contributed by atoms with Crippen LogP contribution in [0, 0.1) is 26.7 Å². The molecule has 3 nitrogen and oxygen atoms in total. The predicted molar refractivity (Wildman–Crippen MR) is 101 cm³/mol. The fourth-order valence-corrected chi connectivity index (χ4v) is 4.46. The highest BCUT2D eigenvalue weighted by Gasteiger charge is 2.27. The van der Waals surface area contributed by atoms with Gasteiger partial charge in [-0.3, -0.25) is 4.79 Å². The molecule has 1 atom stereocenters. The molecule has 2 aromatic carbocycles. The maximum atomic E-state index is 11.4. The molecular formula is C22H23NO2. The van der Waals surface area contributed by atoms with Crippen LogP contribution in [0.25, 0.3) is 22.0 Å². The molecule has 0 bridgehead atoms. The highest BCUT2D eigenvalue weighted by Crippen LogP contribution is 2.38. The molecule has 3 heteroatoms. The van der Waals surface area contributed by atoms with Gasteiger partial charge in [-0.15, -0.1) is 0 Å². The Labute approximate surface area is 147 Å². The molecule has 0 radical (unpaired) electrons. The van der Waals surface area contributed by atoms with Crippen LogP contribution in [-0.2, 0) is 17.6 Å². The summed E-state index contributed by atoms with van der Waals surface area (Å²) in [7, 11) is 0. The first kappa shape index (κ1) is 15.9. The first-order chi connectivity index (χ1) is 12.0. The Kier molecular flexibility index (Phi) is 3.68. The molecule has 4 rings (SSSR count). The number of aliphatic carboxylic acids is 1. The largest absolute Gasteiger partial charge is 0.481 e. The summed E-state index contributed by atoms with van der Waals surface area (Å²) in [6, 6.07) is 10.8. The Balaban J connectivity index is 1.93. The van der Waals surface area contributed by atoms with Crippen molar-refractivity contribution >= 4 is 16.9 Å². The second-order valence-corrected chi connectivity index (χ2v) is 7.36. The summed E-state index contributed by atoms with van der Waals surface area (Å²) in [4.78, 5) is 15.0. The first-order valence-electron chi connectivity index (χ1n) is 8.89. The normalized spacial score (nSPS) is 16.8. The van der Waals surface area contributed by atoms with E-state index in [2.05, 4.69) is 56.1 Å². The summed E-state index contributed by atoms with van der Waals surface area (Å²) in [6.45, 7) is 6.46. The standard InChI is InChI=1S/C22H23NO2/c1-12-9-13(2)20(14(3)10-12)17-6-4-5-16-18-11-15(22(24)25)7-8-19(18)23-21(16)17/h4-6,9-10,15,23H,7-8,11H2,1-3H3,(H,24,25). The van der Waals surface area contributed by atoms with E-state index in [1.807, 2.05) is 0 Å². The van der Waals surface area contributed by atoms with Gasteiger partial charge < -0.3 is 10.1 Å². The number of hydrogen-bond acceptors (Lipinski definition) is 1. The van der Waals surface area contributed by atoms with Gasteiger partial charge >= 0.3 is 5.97 Å². The number of fused-ring (bicyclic) bond motifs is 3. The number of para-hydroxylation sites is 1. The average molecular weight is 333 g/mol. The van der Waals surface area contributed by atoms with Gasteiger partial charge in [-0.05, 0) is 62.3 Å². The fourth-order valence-electron chi connectivity index (χ4n) is 4.46. The Morgan fingerprint density at radius 2 is 1.88 bits per heavy atom. The summed E-state index contributed by atoms with van der Waals surface area (Å²) < 4.78 is 0. The lowest BCUT2D eigenvalue weighted by Crippen LogP contribution is -2.21. The lowest BCUT2D eigenvalue weighted by atomic mass is 9.86. The summed E-state index contributed by atoms with van der Waals surface area (Å²) in [5.74, 6) is -0.945. The van der Waals surface area contributed by atoms with Gasteiger partial charge in [-0.1, -0.05) is 35.9 Å². The lowest BCUT2D eigenvalue weighted by molar-refractivity contribution is -0.142. The van der Waals surface area contributed by atoms with E-state index >= 15 is 0 Å². The molecule has 2 N–H and O–H groups in total. The number of rotatable bonds is 2. The maximum Gasteiger partial charge on any atom is 0.306 e. The first-order valence-corrected chi connectivity index (χ1v) is 8.89. The topological polar surface area (TPSA) is 53.1 Å². The maximum absolute atomic E-state index is 11.4.